The van der Waals surface area contributed by atoms with E-state index in [1.807, 2.05) is 4.90 Å². The second-order valence-electron chi connectivity index (χ2n) is 16.6. The van der Waals surface area contributed by atoms with E-state index in [2.05, 4.69) is 29.1 Å². The number of nitrogens with two attached hydrogens (primary N) is 3. The van der Waals surface area contributed by atoms with Gasteiger partial charge in [0.05, 0.1) is 36.8 Å². The molecule has 5 aliphatic heterocycles. The molecule has 0 saturated carbocycles. The minimum Gasteiger partial charge on any atom is -0.465 e. The first-order chi connectivity index (χ1) is 26.8. The molecular formula is C42H73N9O4. The number of nitrogens with zero attached hydrogens (tertiary/aromatic N) is 5. The molecule has 0 amide bonds. The molecule has 3 fully saturated rings. The number of fused-ring (bicyclic) bond motifs is 1. The Bertz CT molecular complexity index is 1360. The van der Waals surface area contributed by atoms with Crippen molar-refractivity contribution in [3.05, 3.63) is 11.3 Å². The van der Waals surface area contributed by atoms with Gasteiger partial charge in [-0.2, -0.15) is 0 Å². The van der Waals surface area contributed by atoms with E-state index in [-0.39, 0.29) is 41.9 Å². The molecule has 3 saturated heterocycles. The van der Waals surface area contributed by atoms with Crippen LogP contribution in [0.25, 0.3) is 0 Å². The second-order valence-corrected chi connectivity index (χ2v) is 16.6. The first-order valence-electron chi connectivity index (χ1n) is 22.1. The number of esters is 2. The summed E-state index contributed by atoms with van der Waals surface area (Å²) in [5.74, 6) is 1.09. The lowest BCUT2D eigenvalue weighted by Crippen LogP contribution is -2.63. The molecule has 0 aromatic rings. The number of unbranched alkanes of at least 4 members (excludes halogenated alkanes) is 13. The largest absolute Gasteiger partial charge is 0.465 e. The zero-order valence-electron chi connectivity index (χ0n) is 34.2. The van der Waals surface area contributed by atoms with E-state index >= 15 is 0 Å². The van der Waals surface area contributed by atoms with Gasteiger partial charge in [-0.05, 0) is 71.1 Å². The Balaban J connectivity index is 0.945. The maximum absolute atomic E-state index is 13.4. The van der Waals surface area contributed by atoms with Crippen LogP contribution in [0, 0.1) is 5.92 Å². The zero-order chi connectivity index (χ0) is 39.0. The maximum atomic E-state index is 13.4. The fraction of sp³-hybridized carbons (Fsp3) is 0.833. The minimum atomic E-state index is -0.278. The van der Waals surface area contributed by atoms with E-state index in [0.29, 0.717) is 49.8 Å². The molecule has 0 bridgehead atoms. The third-order valence-corrected chi connectivity index (χ3v) is 12.4. The Morgan fingerprint density at radius 1 is 0.855 bits per heavy atom. The summed E-state index contributed by atoms with van der Waals surface area (Å²) >= 11 is 0. The molecule has 6 atom stereocenters. The average Bonchev–Trinajstić information content (AvgIpc) is 3.82. The third-order valence-electron chi connectivity index (χ3n) is 12.4. The van der Waals surface area contributed by atoms with E-state index in [1.54, 1.807) is 0 Å². The number of ether oxygens (including phenoxy) is 2. The van der Waals surface area contributed by atoms with Crippen molar-refractivity contribution in [2.24, 2.45) is 38.1 Å². The third kappa shape index (κ3) is 12.2. The van der Waals surface area contributed by atoms with Gasteiger partial charge < -0.3 is 41.8 Å². The van der Waals surface area contributed by atoms with Crippen LogP contribution in [-0.4, -0.2) is 96.1 Å². The van der Waals surface area contributed by atoms with E-state index in [9.17, 15) is 9.59 Å². The highest BCUT2D eigenvalue weighted by molar-refractivity contribution is 5.95. The Labute approximate surface area is 330 Å². The molecule has 13 heteroatoms. The van der Waals surface area contributed by atoms with Crippen molar-refractivity contribution in [1.82, 2.24) is 15.1 Å². The van der Waals surface area contributed by atoms with Gasteiger partial charge in [0.15, 0.2) is 17.9 Å². The summed E-state index contributed by atoms with van der Waals surface area (Å²) in [5, 5.41) is 3.77. The molecule has 0 radical (unpaired) electrons. The van der Waals surface area contributed by atoms with Crippen LogP contribution in [0.4, 0.5) is 0 Å². The highest BCUT2D eigenvalue weighted by Crippen LogP contribution is 2.40. The summed E-state index contributed by atoms with van der Waals surface area (Å²) < 4.78 is 11.6. The summed E-state index contributed by atoms with van der Waals surface area (Å²) in [6, 6.07) is 0.876. The summed E-state index contributed by atoms with van der Waals surface area (Å²) in [6.45, 7) is 6.48. The number of nitrogens with one attached hydrogen (secondary N) is 1. The molecule has 13 nitrogen and oxygen atoms in total. The number of hydrogen-bond donors (Lipinski definition) is 4. The molecule has 0 aromatic heterocycles. The van der Waals surface area contributed by atoms with Crippen molar-refractivity contribution in [3.63, 3.8) is 0 Å². The highest BCUT2D eigenvalue weighted by Gasteiger charge is 2.51. The van der Waals surface area contributed by atoms with Gasteiger partial charge in [-0.15, -0.1) is 0 Å². The molecule has 55 heavy (non-hydrogen) atoms. The van der Waals surface area contributed by atoms with Gasteiger partial charge in [-0.25, -0.2) is 14.8 Å². The van der Waals surface area contributed by atoms with Crippen molar-refractivity contribution in [1.29, 1.82) is 0 Å². The number of allylic oxidation sites excluding steroid dienone is 1. The zero-order valence-corrected chi connectivity index (χ0v) is 34.2. The van der Waals surface area contributed by atoms with Crippen molar-refractivity contribution in [3.8, 4) is 0 Å². The number of hydrogen-bond acceptors (Lipinski definition) is 11. The van der Waals surface area contributed by atoms with E-state index in [1.165, 1.54) is 51.4 Å². The minimum absolute atomic E-state index is 0.0639. The number of guanidine groups is 3. The number of carbonyl (C=O) groups is 2. The average molecular weight is 768 g/mol. The van der Waals surface area contributed by atoms with Crippen LogP contribution >= 0.6 is 0 Å². The van der Waals surface area contributed by atoms with Crippen molar-refractivity contribution >= 4 is 29.8 Å². The normalized spacial score (nSPS) is 25.5. The number of aliphatic imine (C=N–C) groups is 3. The highest BCUT2D eigenvalue weighted by atomic mass is 16.5. The lowest BCUT2D eigenvalue weighted by atomic mass is 9.89. The van der Waals surface area contributed by atoms with Crippen molar-refractivity contribution in [2.45, 2.75) is 192 Å². The van der Waals surface area contributed by atoms with Gasteiger partial charge in [0.25, 0.3) is 0 Å². The topological polar surface area (TPSA) is 186 Å². The van der Waals surface area contributed by atoms with Gasteiger partial charge in [0.1, 0.15) is 0 Å². The molecule has 5 aliphatic rings. The number of rotatable bonds is 25. The first-order valence-corrected chi connectivity index (χ1v) is 22.1. The van der Waals surface area contributed by atoms with Crippen LogP contribution in [0.2, 0.25) is 0 Å². The summed E-state index contributed by atoms with van der Waals surface area (Å²) in [6.07, 6.45) is 25.3. The van der Waals surface area contributed by atoms with Crippen LogP contribution in [-0.2, 0) is 19.1 Å². The molecule has 5 heterocycles. The summed E-state index contributed by atoms with van der Waals surface area (Å²) in [5.41, 5.74) is 18.8. The van der Waals surface area contributed by atoms with E-state index in [0.717, 1.165) is 108 Å². The Hall–Kier alpha value is -3.51. The van der Waals surface area contributed by atoms with Gasteiger partial charge in [0, 0.05) is 36.9 Å². The van der Waals surface area contributed by atoms with Gasteiger partial charge in [-0.1, -0.05) is 90.4 Å². The molecule has 0 spiro atoms. The van der Waals surface area contributed by atoms with Crippen LogP contribution in [0.3, 0.4) is 0 Å². The lowest BCUT2D eigenvalue weighted by molar-refractivity contribution is -0.151. The first kappa shape index (κ1) is 42.6. The fourth-order valence-electron chi connectivity index (χ4n) is 9.47. The fourth-order valence-corrected chi connectivity index (χ4v) is 9.47. The van der Waals surface area contributed by atoms with Crippen LogP contribution < -0.4 is 22.5 Å². The predicted molar refractivity (Wildman–Crippen MR) is 220 cm³/mol. The quantitative estimate of drug-likeness (QED) is 0.0372. The van der Waals surface area contributed by atoms with Crippen LogP contribution in [0.15, 0.2) is 26.2 Å². The Morgan fingerprint density at radius 2 is 1.53 bits per heavy atom. The molecule has 0 aliphatic carbocycles. The molecule has 0 aromatic carbocycles. The predicted octanol–water partition coefficient (Wildman–Crippen LogP) is 6.00. The monoisotopic (exact) mass is 768 g/mol. The maximum Gasteiger partial charge on any atom is 0.337 e. The van der Waals surface area contributed by atoms with Crippen molar-refractivity contribution in [2.75, 3.05) is 26.3 Å². The SMILES string of the molecule is CCCCCCCCC[C@H]1C[C@H]2CC[C@H]3[C@@H](C(=O)OCCCCCCCCC[C@H]4N=C(N)N5CCCC5=C4C(=O)OCCCCN=C(N)N)[C@@H](C)N=C(N1)N23. The number of carbonyl (C=O) groups excluding carboxylic acids is 2. The Kier molecular flexibility index (Phi) is 17.3. The van der Waals surface area contributed by atoms with Gasteiger partial charge in [0.2, 0.25) is 0 Å². The van der Waals surface area contributed by atoms with Gasteiger partial charge >= 0.3 is 11.9 Å². The molecule has 5 rings (SSSR count). The van der Waals surface area contributed by atoms with E-state index in [4.69, 9.17) is 36.7 Å². The molecular weight excluding hydrogens is 695 g/mol. The summed E-state index contributed by atoms with van der Waals surface area (Å²) in [7, 11) is 0. The second kappa shape index (κ2) is 22.3. The van der Waals surface area contributed by atoms with E-state index < -0.39 is 0 Å². The molecule has 7 N–H and O–H groups in total. The standard InChI is InChI=1S/C42H73N9O4/c1-3-4-5-6-8-11-14-20-31-29-32-23-24-35-36(30(2)47-42(48-31)51(32)35)38(52)54-27-17-13-10-7-9-12-15-21-33-37(34-22-19-26-50(34)41(45)49-33)39(53)55-28-18-16-25-46-40(43)44/h30-33,35-36H,3-29H2,1-2H3,(H2,45,49)(H,47,48)(H4,43,44,46)/t30-,31+,32-,33-,35+,36+/m1/s1. The van der Waals surface area contributed by atoms with Crippen molar-refractivity contribution < 1.29 is 19.1 Å². The Morgan fingerprint density at radius 3 is 2.27 bits per heavy atom. The van der Waals surface area contributed by atoms with Crippen LogP contribution in [0.1, 0.15) is 162 Å². The van der Waals surface area contributed by atoms with Crippen LogP contribution in [0.5, 0.6) is 0 Å². The lowest BCUT2D eigenvalue weighted by Gasteiger charge is -2.46. The summed E-state index contributed by atoms with van der Waals surface area (Å²) in [4.78, 5) is 44.8. The molecule has 0 unspecified atom stereocenters. The smallest absolute Gasteiger partial charge is 0.337 e. The van der Waals surface area contributed by atoms with Gasteiger partial charge in [-0.3, -0.25) is 9.79 Å². The molecule has 310 valence electrons.